The first-order valence-electron chi connectivity index (χ1n) is 7.88. The molecule has 26 heavy (non-hydrogen) atoms. The second-order valence-electron chi connectivity index (χ2n) is 6.03. The maximum Gasteiger partial charge on any atom is 0.337 e. The highest BCUT2D eigenvalue weighted by atomic mass is 35.5. The second kappa shape index (κ2) is 6.27. The first-order chi connectivity index (χ1) is 12.4. The fraction of sp³-hybridized carbons (Fsp3) is 0.105. The number of benzene rings is 1. The van der Waals surface area contributed by atoms with E-state index in [9.17, 15) is 9.59 Å². The van der Waals surface area contributed by atoms with Crippen molar-refractivity contribution < 1.29 is 9.90 Å². The van der Waals surface area contributed by atoms with E-state index in [-0.39, 0.29) is 11.1 Å². The van der Waals surface area contributed by atoms with Crippen LogP contribution in [-0.4, -0.2) is 20.5 Å². The van der Waals surface area contributed by atoms with Gasteiger partial charge in [0.15, 0.2) is 0 Å². The molecule has 0 saturated heterocycles. The number of carbonyl (C=O) groups is 1. The summed E-state index contributed by atoms with van der Waals surface area (Å²) in [5.41, 5.74) is 3.18. The molecule has 7 heteroatoms. The molecule has 1 aliphatic rings. The Kier molecular flexibility index (Phi) is 4.05. The Balaban J connectivity index is 1.88. The molecule has 130 valence electrons. The summed E-state index contributed by atoms with van der Waals surface area (Å²) < 4.78 is 1.29. The number of hydrogen-bond donors (Lipinski definition) is 1. The fourth-order valence-corrected chi connectivity index (χ4v) is 3.58. The first kappa shape index (κ1) is 16.8. The van der Waals surface area contributed by atoms with Gasteiger partial charge in [0.05, 0.1) is 11.3 Å². The standard InChI is InChI=1S/C19H12Cl2N2O3/c20-13-4-1-10(15(21)8-13)7-11-2-5-14-17(11)22-16-6-3-12(19(25)26)9-23(16)18(14)24/h1,3-4,6-9H,2,5H2,(H,25,26). The number of nitrogens with zero attached hydrogens (tertiary/aromatic N) is 2. The topological polar surface area (TPSA) is 71.7 Å². The van der Waals surface area contributed by atoms with Crippen LogP contribution in [0.1, 0.15) is 33.6 Å². The summed E-state index contributed by atoms with van der Waals surface area (Å²) in [6, 6.07) is 8.22. The number of hydrogen-bond acceptors (Lipinski definition) is 3. The Hall–Kier alpha value is -2.63. The molecule has 2 heterocycles. The molecule has 0 bridgehead atoms. The smallest absolute Gasteiger partial charge is 0.337 e. The van der Waals surface area contributed by atoms with E-state index in [1.54, 1.807) is 12.1 Å². The summed E-state index contributed by atoms with van der Waals surface area (Å²) >= 11 is 12.2. The number of fused-ring (bicyclic) bond motifs is 2. The van der Waals surface area contributed by atoms with Gasteiger partial charge in [-0.2, -0.15) is 0 Å². The van der Waals surface area contributed by atoms with Gasteiger partial charge < -0.3 is 5.11 Å². The minimum Gasteiger partial charge on any atom is -0.478 e. The molecule has 4 rings (SSSR count). The predicted molar refractivity (Wildman–Crippen MR) is 101 cm³/mol. The third kappa shape index (κ3) is 2.79. The van der Waals surface area contributed by atoms with E-state index in [0.717, 1.165) is 11.1 Å². The van der Waals surface area contributed by atoms with Gasteiger partial charge in [-0.05, 0) is 54.3 Å². The number of rotatable bonds is 2. The number of carboxylic acids is 1. The number of pyridine rings is 1. The first-order valence-corrected chi connectivity index (χ1v) is 8.64. The van der Waals surface area contributed by atoms with Gasteiger partial charge in [-0.15, -0.1) is 0 Å². The molecule has 0 spiro atoms. The van der Waals surface area contributed by atoms with Crippen molar-refractivity contribution >= 4 is 46.5 Å². The summed E-state index contributed by atoms with van der Waals surface area (Å²) in [7, 11) is 0. The third-order valence-electron chi connectivity index (χ3n) is 4.40. The van der Waals surface area contributed by atoms with Gasteiger partial charge in [-0.3, -0.25) is 9.20 Å². The van der Waals surface area contributed by atoms with Crippen molar-refractivity contribution in [3.8, 4) is 0 Å². The van der Waals surface area contributed by atoms with Gasteiger partial charge in [-0.1, -0.05) is 29.3 Å². The molecule has 3 aromatic rings. The van der Waals surface area contributed by atoms with E-state index in [1.807, 2.05) is 12.1 Å². The SMILES string of the molecule is O=C(O)c1ccc2nc3c(c(=O)n2c1)CCC3=Cc1ccc(Cl)cc1Cl. The summed E-state index contributed by atoms with van der Waals surface area (Å²) in [6.07, 6.45) is 4.45. The van der Waals surface area contributed by atoms with Crippen molar-refractivity contribution in [2.75, 3.05) is 0 Å². The van der Waals surface area contributed by atoms with Crippen LogP contribution >= 0.6 is 23.2 Å². The van der Waals surface area contributed by atoms with Gasteiger partial charge in [0, 0.05) is 21.8 Å². The zero-order valence-electron chi connectivity index (χ0n) is 13.4. The van der Waals surface area contributed by atoms with E-state index in [1.165, 1.54) is 22.7 Å². The molecule has 0 fully saturated rings. The Bertz CT molecular complexity index is 1170. The Morgan fingerprint density at radius 3 is 2.73 bits per heavy atom. The van der Waals surface area contributed by atoms with Gasteiger partial charge >= 0.3 is 5.97 Å². The Morgan fingerprint density at radius 1 is 1.19 bits per heavy atom. The normalized spacial score (nSPS) is 14.8. The number of allylic oxidation sites excluding steroid dienone is 1. The monoisotopic (exact) mass is 386 g/mol. The average molecular weight is 387 g/mol. The maximum absolute atomic E-state index is 12.8. The van der Waals surface area contributed by atoms with E-state index in [2.05, 4.69) is 4.98 Å². The summed E-state index contributed by atoms with van der Waals surface area (Å²) in [4.78, 5) is 28.5. The molecular formula is C19H12Cl2N2O3. The lowest BCUT2D eigenvalue weighted by Crippen LogP contribution is -2.20. The van der Waals surface area contributed by atoms with E-state index in [4.69, 9.17) is 28.3 Å². The van der Waals surface area contributed by atoms with Crippen LogP contribution in [0.2, 0.25) is 10.0 Å². The second-order valence-corrected chi connectivity index (χ2v) is 6.87. The lowest BCUT2D eigenvalue weighted by Gasteiger charge is -2.07. The quantitative estimate of drug-likeness (QED) is 0.716. The molecular weight excluding hydrogens is 375 g/mol. The summed E-state index contributed by atoms with van der Waals surface area (Å²) in [6.45, 7) is 0. The highest BCUT2D eigenvalue weighted by Crippen LogP contribution is 2.33. The van der Waals surface area contributed by atoms with Crippen LogP contribution in [0, 0.1) is 0 Å². The van der Waals surface area contributed by atoms with Crippen LogP contribution in [0.15, 0.2) is 41.3 Å². The van der Waals surface area contributed by atoms with Crippen LogP contribution in [0.4, 0.5) is 0 Å². The number of aromatic carboxylic acids is 1. The van der Waals surface area contributed by atoms with Gasteiger partial charge in [-0.25, -0.2) is 9.78 Å². The van der Waals surface area contributed by atoms with Crippen molar-refractivity contribution in [2.24, 2.45) is 0 Å². The average Bonchev–Trinajstić information content (AvgIpc) is 3.00. The van der Waals surface area contributed by atoms with Gasteiger partial charge in [0.2, 0.25) is 0 Å². The lowest BCUT2D eigenvalue weighted by atomic mass is 10.1. The molecule has 1 aromatic carbocycles. The van der Waals surface area contributed by atoms with Crippen molar-refractivity contribution in [3.05, 3.63) is 79.3 Å². The number of halogens is 2. The Labute approximate surface area is 158 Å². The van der Waals surface area contributed by atoms with Crippen LogP contribution in [0.3, 0.4) is 0 Å². The molecule has 1 N–H and O–H groups in total. The van der Waals surface area contributed by atoms with Crippen LogP contribution in [0.5, 0.6) is 0 Å². The zero-order chi connectivity index (χ0) is 18.4. The van der Waals surface area contributed by atoms with Crippen LogP contribution < -0.4 is 5.56 Å². The van der Waals surface area contributed by atoms with Crippen molar-refractivity contribution in [2.45, 2.75) is 12.8 Å². The van der Waals surface area contributed by atoms with Gasteiger partial charge in [0.1, 0.15) is 5.65 Å². The molecule has 0 radical (unpaired) electrons. The maximum atomic E-state index is 12.8. The molecule has 0 unspecified atom stereocenters. The van der Waals surface area contributed by atoms with Crippen LogP contribution in [-0.2, 0) is 6.42 Å². The minimum absolute atomic E-state index is 0.0445. The molecule has 5 nitrogen and oxygen atoms in total. The predicted octanol–water partition coefficient (Wildman–Crippen LogP) is 4.19. The van der Waals surface area contributed by atoms with Crippen LogP contribution in [0.25, 0.3) is 17.3 Å². The van der Waals surface area contributed by atoms with E-state index >= 15 is 0 Å². The minimum atomic E-state index is -1.09. The summed E-state index contributed by atoms with van der Waals surface area (Å²) in [5.74, 6) is -1.09. The number of carboxylic acid groups (broad SMARTS) is 1. The highest BCUT2D eigenvalue weighted by Gasteiger charge is 2.23. The molecule has 1 aliphatic carbocycles. The van der Waals surface area contributed by atoms with E-state index < -0.39 is 5.97 Å². The molecule has 0 amide bonds. The van der Waals surface area contributed by atoms with Crippen molar-refractivity contribution in [1.82, 2.24) is 9.38 Å². The lowest BCUT2D eigenvalue weighted by molar-refractivity contribution is 0.0696. The molecule has 0 atom stereocenters. The molecule has 0 aliphatic heterocycles. The molecule has 2 aromatic heterocycles. The highest BCUT2D eigenvalue weighted by molar-refractivity contribution is 6.35. The third-order valence-corrected chi connectivity index (χ3v) is 4.97. The summed E-state index contributed by atoms with van der Waals surface area (Å²) in [5, 5.41) is 10.2. The number of aromatic nitrogens is 2. The van der Waals surface area contributed by atoms with Crippen molar-refractivity contribution in [1.29, 1.82) is 0 Å². The van der Waals surface area contributed by atoms with Crippen molar-refractivity contribution in [3.63, 3.8) is 0 Å². The largest absolute Gasteiger partial charge is 0.478 e. The molecule has 0 saturated carbocycles. The Morgan fingerprint density at radius 2 is 2.00 bits per heavy atom. The zero-order valence-corrected chi connectivity index (χ0v) is 14.9. The van der Waals surface area contributed by atoms with E-state index in [0.29, 0.717) is 39.8 Å². The fourth-order valence-electron chi connectivity index (χ4n) is 3.12. The van der Waals surface area contributed by atoms with Gasteiger partial charge in [0.25, 0.3) is 5.56 Å².